The van der Waals surface area contributed by atoms with Gasteiger partial charge in [-0.1, -0.05) is 52.7 Å². The lowest BCUT2D eigenvalue weighted by Gasteiger charge is -2.08. The Morgan fingerprint density at radius 2 is 1.86 bits per heavy atom. The molecule has 2 heterocycles. The highest BCUT2D eigenvalue weighted by molar-refractivity contribution is 5.32. The molecular weight excluding hydrogens is 270 g/mol. The molecule has 0 N–H and O–H groups in total. The zero-order valence-electron chi connectivity index (χ0n) is 12.8. The molecule has 3 heteroatoms. The van der Waals surface area contributed by atoms with Gasteiger partial charge in [-0.25, -0.2) is 4.57 Å². The van der Waals surface area contributed by atoms with Crippen LogP contribution in [0.5, 0.6) is 0 Å². The van der Waals surface area contributed by atoms with Gasteiger partial charge in [-0.15, -0.1) is 0 Å². The van der Waals surface area contributed by atoms with Crippen LogP contribution in [0.25, 0.3) is 5.69 Å². The monoisotopic (exact) mass is 290 g/mol. The number of hydrogen-bond acceptors (Lipinski definition) is 1. The average Bonchev–Trinajstić information content (AvgIpc) is 3.11. The van der Waals surface area contributed by atoms with Gasteiger partial charge < -0.3 is 0 Å². The number of fused-ring (bicyclic) bond motifs is 1. The van der Waals surface area contributed by atoms with Gasteiger partial charge in [0, 0.05) is 17.9 Å². The molecule has 1 atom stereocenters. The second-order valence-corrected chi connectivity index (χ2v) is 6.10. The fraction of sp³-hybridized carbons (Fsp3) is 0.263. The van der Waals surface area contributed by atoms with Crippen LogP contribution < -0.4 is 4.57 Å². The van der Waals surface area contributed by atoms with Crippen molar-refractivity contribution in [2.24, 2.45) is 0 Å². The minimum Gasteiger partial charge on any atom is -0.231 e. The highest BCUT2D eigenvalue weighted by atomic mass is 15.4. The Balaban J connectivity index is 1.61. The van der Waals surface area contributed by atoms with E-state index in [1.165, 1.54) is 23.4 Å². The van der Waals surface area contributed by atoms with E-state index < -0.39 is 0 Å². The highest BCUT2D eigenvalue weighted by Crippen LogP contribution is 2.21. The van der Waals surface area contributed by atoms with Crippen molar-refractivity contribution in [3.63, 3.8) is 0 Å². The lowest BCUT2D eigenvalue weighted by Crippen LogP contribution is -2.37. The molecule has 110 valence electrons. The van der Waals surface area contributed by atoms with Crippen molar-refractivity contribution >= 4 is 0 Å². The molecular formula is C19H20N3+. The Morgan fingerprint density at radius 1 is 1.09 bits per heavy atom. The Morgan fingerprint density at radius 3 is 2.64 bits per heavy atom. The molecule has 1 aliphatic heterocycles. The number of nitrogens with zero attached hydrogens (tertiary/aromatic N) is 3. The predicted octanol–water partition coefficient (Wildman–Crippen LogP) is 3.20. The van der Waals surface area contributed by atoms with Gasteiger partial charge in [-0.2, -0.15) is 0 Å². The third-order valence-corrected chi connectivity index (χ3v) is 4.46. The molecule has 0 fully saturated rings. The molecule has 0 spiro atoms. The van der Waals surface area contributed by atoms with E-state index in [0.29, 0.717) is 6.04 Å². The van der Waals surface area contributed by atoms with E-state index in [4.69, 9.17) is 5.10 Å². The van der Waals surface area contributed by atoms with E-state index in [-0.39, 0.29) is 0 Å². The second kappa shape index (κ2) is 5.41. The Hall–Kier alpha value is -2.42. The normalized spacial score (nSPS) is 16.7. The predicted molar refractivity (Wildman–Crippen MR) is 86.0 cm³/mol. The van der Waals surface area contributed by atoms with Crippen molar-refractivity contribution in [1.82, 2.24) is 9.78 Å². The number of rotatable bonds is 3. The molecule has 1 aliphatic rings. The van der Waals surface area contributed by atoms with Crippen molar-refractivity contribution in [3.05, 3.63) is 77.9 Å². The summed E-state index contributed by atoms with van der Waals surface area (Å²) in [4.78, 5) is 0. The molecule has 0 bridgehead atoms. The minimum absolute atomic E-state index is 0.525. The highest BCUT2D eigenvalue weighted by Gasteiger charge is 2.31. The van der Waals surface area contributed by atoms with Gasteiger partial charge in [0.25, 0.3) is 5.82 Å². The summed E-state index contributed by atoms with van der Waals surface area (Å²) in [6.45, 7) is 2.11. The third-order valence-electron chi connectivity index (χ3n) is 4.46. The van der Waals surface area contributed by atoms with Crippen molar-refractivity contribution in [3.8, 4) is 5.69 Å². The summed E-state index contributed by atoms with van der Waals surface area (Å²) >= 11 is 0. The molecule has 0 saturated carbocycles. The van der Waals surface area contributed by atoms with Crippen molar-refractivity contribution in [1.29, 1.82) is 0 Å². The molecule has 22 heavy (non-hydrogen) atoms. The standard InChI is InChI=1S/C19H20N3/c1-15-7-9-17(10-8-15)22-14-21-18(11-12-19(21)20-22)13-16-5-3-2-4-6-16/h2-10,14,18H,11-13H2,1H3/q+1/t18-/m1/s1. The van der Waals surface area contributed by atoms with Crippen LogP contribution in [0.4, 0.5) is 0 Å². The second-order valence-electron chi connectivity index (χ2n) is 6.10. The maximum atomic E-state index is 4.76. The van der Waals surface area contributed by atoms with Crippen LogP contribution in [0.3, 0.4) is 0 Å². The number of aromatic nitrogens is 3. The quantitative estimate of drug-likeness (QED) is 0.679. The van der Waals surface area contributed by atoms with Crippen molar-refractivity contribution in [2.45, 2.75) is 32.2 Å². The first-order valence-electron chi connectivity index (χ1n) is 7.90. The summed E-state index contributed by atoms with van der Waals surface area (Å²) in [5.74, 6) is 1.20. The first-order chi connectivity index (χ1) is 10.8. The molecule has 0 unspecified atom stereocenters. The number of benzene rings is 2. The van der Waals surface area contributed by atoms with Gasteiger partial charge in [-0.05, 0) is 31.0 Å². The largest absolute Gasteiger partial charge is 0.278 e. The van der Waals surface area contributed by atoms with Crippen LogP contribution in [-0.2, 0) is 12.8 Å². The van der Waals surface area contributed by atoms with E-state index in [1.807, 2.05) is 4.68 Å². The average molecular weight is 290 g/mol. The van der Waals surface area contributed by atoms with Gasteiger partial charge in [0.05, 0.1) is 6.04 Å². The third kappa shape index (κ3) is 2.43. The van der Waals surface area contributed by atoms with Gasteiger partial charge in [0.15, 0.2) is 0 Å². The van der Waals surface area contributed by atoms with Gasteiger partial charge >= 0.3 is 0 Å². The van der Waals surface area contributed by atoms with E-state index in [9.17, 15) is 0 Å². The van der Waals surface area contributed by atoms with Gasteiger partial charge in [-0.3, -0.25) is 0 Å². The number of hydrogen-bond donors (Lipinski definition) is 0. The molecule has 2 aromatic carbocycles. The van der Waals surface area contributed by atoms with Gasteiger partial charge in [0.1, 0.15) is 5.69 Å². The SMILES string of the molecule is Cc1ccc(-n2c[n+]3c(n2)CC[C@@H]3Cc2ccccc2)cc1. The summed E-state index contributed by atoms with van der Waals surface area (Å²) in [5.41, 5.74) is 3.81. The first kappa shape index (κ1) is 13.3. The van der Waals surface area contributed by atoms with E-state index in [2.05, 4.69) is 72.4 Å². The Bertz CT molecular complexity index is 772. The lowest BCUT2D eigenvalue weighted by atomic mass is 10.0. The van der Waals surface area contributed by atoms with Crippen LogP contribution in [0.2, 0.25) is 0 Å². The molecule has 0 saturated heterocycles. The van der Waals surface area contributed by atoms with Crippen LogP contribution in [-0.4, -0.2) is 9.78 Å². The van der Waals surface area contributed by atoms with E-state index >= 15 is 0 Å². The zero-order valence-corrected chi connectivity index (χ0v) is 12.8. The van der Waals surface area contributed by atoms with E-state index in [0.717, 1.165) is 18.5 Å². The maximum Gasteiger partial charge on any atom is 0.278 e. The first-order valence-corrected chi connectivity index (χ1v) is 7.90. The zero-order chi connectivity index (χ0) is 14.9. The van der Waals surface area contributed by atoms with Crippen LogP contribution in [0, 0.1) is 6.92 Å². The summed E-state index contributed by atoms with van der Waals surface area (Å²) in [7, 11) is 0. The van der Waals surface area contributed by atoms with Crippen molar-refractivity contribution < 1.29 is 4.57 Å². The summed E-state index contributed by atoms with van der Waals surface area (Å²) in [6, 6.07) is 19.8. The molecule has 0 aliphatic carbocycles. The molecule has 1 aromatic heterocycles. The summed E-state index contributed by atoms with van der Waals surface area (Å²) in [6.07, 6.45) is 5.49. The lowest BCUT2D eigenvalue weighted by molar-refractivity contribution is -0.716. The summed E-state index contributed by atoms with van der Waals surface area (Å²) in [5, 5.41) is 4.76. The molecule has 3 aromatic rings. The van der Waals surface area contributed by atoms with Gasteiger partial charge in [0.2, 0.25) is 6.33 Å². The minimum atomic E-state index is 0.525. The van der Waals surface area contributed by atoms with E-state index in [1.54, 1.807) is 0 Å². The van der Waals surface area contributed by atoms with Crippen LogP contribution >= 0.6 is 0 Å². The molecule has 4 rings (SSSR count). The fourth-order valence-corrected chi connectivity index (χ4v) is 3.21. The summed E-state index contributed by atoms with van der Waals surface area (Å²) < 4.78 is 4.36. The molecule has 0 amide bonds. The van der Waals surface area contributed by atoms with Crippen molar-refractivity contribution in [2.75, 3.05) is 0 Å². The molecule has 3 nitrogen and oxygen atoms in total. The van der Waals surface area contributed by atoms with Crippen LogP contribution in [0.15, 0.2) is 60.9 Å². The number of aryl methyl sites for hydroxylation is 2. The van der Waals surface area contributed by atoms with Crippen LogP contribution in [0.1, 0.15) is 29.4 Å². The Labute approximate surface area is 130 Å². The maximum absolute atomic E-state index is 4.76. The topological polar surface area (TPSA) is 21.7 Å². The fourth-order valence-electron chi connectivity index (χ4n) is 3.21. The Kier molecular flexibility index (Phi) is 3.26. The smallest absolute Gasteiger partial charge is 0.231 e. The molecule has 0 radical (unpaired) electrons.